The van der Waals surface area contributed by atoms with Crippen LogP contribution in [-0.4, -0.2) is 36.6 Å². The number of hydrogen-bond donors (Lipinski definition) is 1. The number of ether oxygens (including phenoxy) is 1. The van der Waals surface area contributed by atoms with Gasteiger partial charge in [-0.2, -0.15) is 0 Å². The molecule has 0 fully saturated rings. The summed E-state index contributed by atoms with van der Waals surface area (Å²) in [5.41, 5.74) is 0.344. The summed E-state index contributed by atoms with van der Waals surface area (Å²) < 4.78 is 19.3. The van der Waals surface area contributed by atoms with Crippen LogP contribution in [0.3, 0.4) is 0 Å². The van der Waals surface area contributed by atoms with Crippen LogP contribution in [0.4, 0.5) is 4.39 Å². The van der Waals surface area contributed by atoms with Gasteiger partial charge in [-0.25, -0.2) is 9.65 Å². The Morgan fingerprint density at radius 1 is 1.31 bits per heavy atom. The third-order valence-electron chi connectivity index (χ3n) is 4.26. The van der Waals surface area contributed by atoms with Gasteiger partial charge in [0.2, 0.25) is 7.28 Å². The van der Waals surface area contributed by atoms with Gasteiger partial charge in [-0.05, 0) is 30.6 Å². The minimum absolute atomic E-state index is 0.00259. The Kier molecular flexibility index (Phi) is 9.26. The van der Waals surface area contributed by atoms with Crippen LogP contribution >= 0.6 is 9.24 Å². The Morgan fingerprint density at radius 2 is 2.14 bits per heavy atom. The first-order chi connectivity index (χ1) is 14.0. The molecule has 1 aromatic heterocycles. The molecule has 0 spiro atoms. The van der Waals surface area contributed by atoms with Gasteiger partial charge < -0.3 is 10.1 Å². The van der Waals surface area contributed by atoms with E-state index in [0.717, 1.165) is 12.7 Å². The third-order valence-corrected chi connectivity index (χ3v) is 4.71. The van der Waals surface area contributed by atoms with E-state index in [4.69, 9.17) is 10.00 Å². The summed E-state index contributed by atoms with van der Waals surface area (Å²) >= 11 is 0. The zero-order chi connectivity index (χ0) is 21.1. The molecule has 0 aliphatic rings. The lowest BCUT2D eigenvalue weighted by Gasteiger charge is -2.18. The minimum atomic E-state index is -0.774. The summed E-state index contributed by atoms with van der Waals surface area (Å²) in [5.74, 6) is 0.757. The summed E-state index contributed by atoms with van der Waals surface area (Å²) in [6, 6.07) is 6.92. The molecule has 150 valence electrons. The number of aromatic nitrogens is 1. The number of carbonyl (C=O) groups is 2. The van der Waals surface area contributed by atoms with E-state index in [1.54, 1.807) is 30.5 Å². The van der Waals surface area contributed by atoms with E-state index in [1.165, 1.54) is 12.3 Å². The van der Waals surface area contributed by atoms with Crippen molar-refractivity contribution in [3.63, 3.8) is 0 Å². The average molecular weight is 413 g/mol. The first-order valence-corrected chi connectivity index (χ1v) is 9.88. The minimum Gasteiger partial charge on any atom is -0.482 e. The maximum Gasteiger partial charge on any atom is 0.253 e. The molecule has 0 saturated carbocycles. The van der Waals surface area contributed by atoms with Crippen LogP contribution in [-0.2, 0) is 4.79 Å². The maximum atomic E-state index is 13.9. The predicted molar refractivity (Wildman–Crippen MR) is 113 cm³/mol. The molecule has 6 nitrogen and oxygen atoms in total. The number of hydrogen-bond acceptors (Lipinski definition) is 5. The zero-order valence-electron chi connectivity index (χ0n) is 15.9. The monoisotopic (exact) mass is 413 g/mol. The molecule has 1 N–H and O–H groups in total. The van der Waals surface area contributed by atoms with Crippen molar-refractivity contribution in [2.24, 2.45) is 0 Å². The maximum absolute atomic E-state index is 13.9. The molecule has 1 amide bonds. The van der Waals surface area contributed by atoms with Crippen LogP contribution in [0.2, 0.25) is 6.32 Å². The van der Waals surface area contributed by atoms with Crippen molar-refractivity contribution in [1.29, 1.82) is 5.26 Å². The molecule has 0 aliphatic heterocycles. The van der Waals surface area contributed by atoms with Crippen molar-refractivity contribution in [2.75, 3.05) is 6.61 Å². The molecule has 2 atom stereocenters. The SMILES string of the molecule is N#CBCCCC[C@H](NC(=O)c1cccnc1)C(=O)COc1c(F)cccc1P. The molecule has 9 heteroatoms. The van der Waals surface area contributed by atoms with Crippen molar-refractivity contribution in [3.8, 4) is 11.7 Å². The molecule has 1 heterocycles. The van der Waals surface area contributed by atoms with Crippen LogP contribution in [0, 0.1) is 17.0 Å². The van der Waals surface area contributed by atoms with Crippen LogP contribution < -0.4 is 15.4 Å². The summed E-state index contributed by atoms with van der Waals surface area (Å²) in [7, 11) is 2.81. The number of nitriles is 1. The number of nitrogens with one attached hydrogen (secondary N) is 1. The fourth-order valence-corrected chi connectivity index (χ4v) is 3.04. The predicted octanol–water partition coefficient (Wildman–Crippen LogP) is 1.97. The normalized spacial score (nSPS) is 11.2. The Balaban J connectivity index is 2.01. The number of halogens is 1. The van der Waals surface area contributed by atoms with Gasteiger partial charge >= 0.3 is 0 Å². The van der Waals surface area contributed by atoms with Crippen LogP contribution in [0.25, 0.3) is 0 Å². The van der Waals surface area contributed by atoms with E-state index >= 15 is 0 Å². The highest BCUT2D eigenvalue weighted by Gasteiger charge is 2.22. The first-order valence-electron chi connectivity index (χ1n) is 9.30. The van der Waals surface area contributed by atoms with E-state index < -0.39 is 17.8 Å². The molecule has 1 unspecified atom stereocenters. The van der Waals surface area contributed by atoms with Gasteiger partial charge in [0.1, 0.15) is 6.61 Å². The molecular weight excluding hydrogens is 391 g/mol. The fourth-order valence-electron chi connectivity index (χ4n) is 2.70. The zero-order valence-corrected chi connectivity index (χ0v) is 17.1. The highest BCUT2D eigenvalue weighted by atomic mass is 31.0. The van der Waals surface area contributed by atoms with Crippen LogP contribution in [0.1, 0.15) is 29.6 Å². The van der Waals surface area contributed by atoms with E-state index in [2.05, 4.69) is 25.5 Å². The van der Waals surface area contributed by atoms with Crippen molar-refractivity contribution in [1.82, 2.24) is 10.3 Å². The summed E-state index contributed by atoms with van der Waals surface area (Å²) in [5, 5.41) is 11.8. The quantitative estimate of drug-likeness (QED) is 0.346. The highest BCUT2D eigenvalue weighted by molar-refractivity contribution is 7.27. The van der Waals surface area contributed by atoms with Gasteiger partial charge in [0, 0.05) is 17.7 Å². The molecule has 2 rings (SSSR count). The summed E-state index contributed by atoms with van der Waals surface area (Å²) in [6.07, 6.45) is 5.54. The smallest absolute Gasteiger partial charge is 0.253 e. The lowest BCUT2D eigenvalue weighted by molar-refractivity contribution is -0.123. The highest BCUT2D eigenvalue weighted by Crippen LogP contribution is 2.16. The Morgan fingerprint density at radius 3 is 2.83 bits per heavy atom. The molecule has 2 aromatic rings. The van der Waals surface area contributed by atoms with Gasteiger partial charge in [-0.3, -0.25) is 14.6 Å². The summed E-state index contributed by atoms with van der Waals surface area (Å²) in [6.45, 7) is -0.363. The second-order valence-electron chi connectivity index (χ2n) is 6.44. The van der Waals surface area contributed by atoms with Gasteiger partial charge in [0.15, 0.2) is 17.3 Å². The Hall–Kier alpha value is -2.78. The topological polar surface area (TPSA) is 92.1 Å². The number of Topliss-reactive ketones (excluding diaryl/α,β-unsaturated/α-hetero) is 1. The van der Waals surface area contributed by atoms with Crippen molar-refractivity contribution in [3.05, 3.63) is 54.1 Å². The molecule has 29 heavy (non-hydrogen) atoms. The molecule has 0 aliphatic carbocycles. The third kappa shape index (κ3) is 7.28. The van der Waals surface area contributed by atoms with Gasteiger partial charge in [0.05, 0.1) is 11.6 Å². The lowest BCUT2D eigenvalue weighted by atomic mass is 9.75. The standard InChI is InChI=1S/C20H22BFN3O3P/c22-15-6-3-8-18(29)19(15)28-12-17(26)16(7-1-2-9-21-13-23)25-20(27)14-5-4-10-24-11-14/h3-6,8,10-11,16,21H,1-2,7,9,12,29H2,(H,25,27)/t16-/m0/s1. The van der Waals surface area contributed by atoms with E-state index in [0.29, 0.717) is 31.0 Å². The van der Waals surface area contributed by atoms with Gasteiger partial charge in [0.25, 0.3) is 5.91 Å². The largest absolute Gasteiger partial charge is 0.482 e. The number of ketones is 1. The van der Waals surface area contributed by atoms with E-state index in [1.807, 2.05) is 0 Å². The second-order valence-corrected chi connectivity index (χ2v) is 7.06. The van der Waals surface area contributed by atoms with Crippen molar-refractivity contribution < 1.29 is 18.7 Å². The number of benzene rings is 1. The molecular formula is C20H22BFN3O3P. The molecule has 0 radical (unpaired) electrons. The second kappa shape index (κ2) is 11.9. The number of unbranched alkanes of at least 4 members (excludes halogenated alkanes) is 1. The Bertz CT molecular complexity index is 857. The Labute approximate surface area is 172 Å². The number of rotatable bonds is 11. The van der Waals surface area contributed by atoms with Gasteiger partial charge in [-0.1, -0.05) is 31.3 Å². The fraction of sp³-hybridized carbons (Fsp3) is 0.300. The van der Waals surface area contributed by atoms with Crippen LogP contribution in [0.15, 0.2) is 42.7 Å². The number of pyridine rings is 1. The molecule has 0 bridgehead atoms. The summed E-state index contributed by atoms with van der Waals surface area (Å²) in [4.78, 5) is 29.0. The molecule has 1 aromatic carbocycles. The molecule has 0 saturated heterocycles. The van der Waals surface area contributed by atoms with Crippen LogP contribution in [0.5, 0.6) is 5.75 Å². The van der Waals surface area contributed by atoms with Gasteiger partial charge in [-0.15, -0.1) is 9.24 Å². The number of amides is 1. The van der Waals surface area contributed by atoms with Crippen molar-refractivity contribution in [2.45, 2.75) is 31.6 Å². The van der Waals surface area contributed by atoms with E-state index in [-0.39, 0.29) is 18.1 Å². The average Bonchev–Trinajstić information content (AvgIpc) is 2.72. The lowest BCUT2D eigenvalue weighted by Crippen LogP contribution is -2.43. The number of carbonyl (C=O) groups excluding carboxylic acids is 2. The number of para-hydroxylation sites is 1. The number of nitrogens with zero attached hydrogens (tertiary/aromatic N) is 2. The first kappa shape index (κ1) is 22.5. The van der Waals surface area contributed by atoms with E-state index in [9.17, 15) is 14.0 Å². The van der Waals surface area contributed by atoms with Crippen molar-refractivity contribution >= 4 is 33.5 Å².